The first-order chi connectivity index (χ1) is 9.04. The summed E-state index contributed by atoms with van der Waals surface area (Å²) in [6, 6.07) is 4.36. The predicted octanol–water partition coefficient (Wildman–Crippen LogP) is 3.35. The summed E-state index contributed by atoms with van der Waals surface area (Å²) in [5.41, 5.74) is 6.49. The molecule has 1 aromatic rings. The predicted molar refractivity (Wildman–Crippen MR) is 84.7 cm³/mol. The van der Waals surface area contributed by atoms with E-state index < -0.39 is 0 Å². The zero-order chi connectivity index (χ0) is 14.4. The molecule has 0 bridgehead atoms. The number of hydrogen-bond acceptors (Lipinski definition) is 4. The maximum Gasteiger partial charge on any atom is 0.126 e. The molecule has 3 nitrogen and oxygen atoms in total. The largest absolute Gasteiger partial charge is 0.496 e. The van der Waals surface area contributed by atoms with E-state index in [0.29, 0.717) is 5.25 Å². The van der Waals surface area contributed by atoms with Gasteiger partial charge in [-0.3, -0.25) is 11.3 Å². The van der Waals surface area contributed by atoms with Crippen LogP contribution in [0.4, 0.5) is 0 Å². The Morgan fingerprint density at radius 3 is 2.58 bits per heavy atom. The standard InChI is InChI=1S/C15H26N2OS/c1-6-11(3)19-9-14(17-16)13-8-7-10(2)12(4)15(13)18-5/h7-8,11,14,17H,6,9,16H2,1-5H3. The van der Waals surface area contributed by atoms with Crippen LogP contribution in [0.3, 0.4) is 0 Å². The molecule has 0 fully saturated rings. The lowest BCUT2D eigenvalue weighted by Gasteiger charge is -2.22. The van der Waals surface area contributed by atoms with Gasteiger partial charge in [-0.05, 0) is 31.4 Å². The van der Waals surface area contributed by atoms with Gasteiger partial charge in [0.25, 0.3) is 0 Å². The highest BCUT2D eigenvalue weighted by Gasteiger charge is 2.18. The summed E-state index contributed by atoms with van der Waals surface area (Å²) in [4.78, 5) is 0. The highest BCUT2D eigenvalue weighted by atomic mass is 32.2. The minimum atomic E-state index is 0.119. The van der Waals surface area contributed by atoms with Crippen molar-refractivity contribution in [2.24, 2.45) is 5.84 Å². The van der Waals surface area contributed by atoms with Crippen molar-refractivity contribution in [2.45, 2.75) is 45.4 Å². The number of ether oxygens (including phenoxy) is 1. The van der Waals surface area contributed by atoms with Gasteiger partial charge in [0.1, 0.15) is 5.75 Å². The van der Waals surface area contributed by atoms with Crippen molar-refractivity contribution in [3.05, 3.63) is 28.8 Å². The Hall–Kier alpha value is -0.710. The molecule has 0 amide bonds. The fraction of sp³-hybridized carbons (Fsp3) is 0.600. The molecule has 1 rings (SSSR count). The highest BCUT2D eigenvalue weighted by Crippen LogP contribution is 2.32. The van der Waals surface area contributed by atoms with Gasteiger partial charge in [-0.2, -0.15) is 11.8 Å². The Bertz CT molecular complexity index is 409. The smallest absolute Gasteiger partial charge is 0.126 e. The van der Waals surface area contributed by atoms with E-state index in [4.69, 9.17) is 10.6 Å². The van der Waals surface area contributed by atoms with Gasteiger partial charge in [0.15, 0.2) is 0 Å². The van der Waals surface area contributed by atoms with E-state index in [0.717, 1.165) is 17.1 Å². The van der Waals surface area contributed by atoms with Crippen LogP contribution in [0, 0.1) is 13.8 Å². The van der Waals surface area contributed by atoms with E-state index in [-0.39, 0.29) is 6.04 Å². The maximum absolute atomic E-state index is 5.73. The van der Waals surface area contributed by atoms with Crippen LogP contribution in [-0.2, 0) is 0 Å². The van der Waals surface area contributed by atoms with Crippen molar-refractivity contribution in [1.82, 2.24) is 5.43 Å². The summed E-state index contributed by atoms with van der Waals surface area (Å²) in [6.45, 7) is 8.64. The zero-order valence-electron chi connectivity index (χ0n) is 12.6. The number of hydrogen-bond donors (Lipinski definition) is 2. The second-order valence-corrected chi connectivity index (χ2v) is 6.37. The topological polar surface area (TPSA) is 47.3 Å². The molecule has 0 heterocycles. The molecular formula is C15H26N2OS. The summed E-state index contributed by atoms with van der Waals surface area (Å²) >= 11 is 1.94. The second-order valence-electron chi connectivity index (χ2n) is 4.90. The molecule has 0 aliphatic heterocycles. The van der Waals surface area contributed by atoms with E-state index in [1.165, 1.54) is 17.5 Å². The summed E-state index contributed by atoms with van der Waals surface area (Å²) in [5, 5.41) is 0.647. The summed E-state index contributed by atoms with van der Waals surface area (Å²) in [7, 11) is 1.72. The van der Waals surface area contributed by atoms with Gasteiger partial charge in [0.2, 0.25) is 0 Å². The third kappa shape index (κ3) is 4.13. The molecule has 0 aliphatic rings. The zero-order valence-corrected chi connectivity index (χ0v) is 13.4. The highest BCUT2D eigenvalue weighted by molar-refractivity contribution is 7.99. The van der Waals surface area contributed by atoms with Gasteiger partial charge < -0.3 is 4.74 Å². The van der Waals surface area contributed by atoms with Crippen LogP contribution in [0.1, 0.15) is 43.0 Å². The van der Waals surface area contributed by atoms with Gasteiger partial charge in [-0.1, -0.05) is 26.0 Å². The fourth-order valence-corrected chi connectivity index (χ4v) is 2.99. The van der Waals surface area contributed by atoms with E-state index in [9.17, 15) is 0 Å². The van der Waals surface area contributed by atoms with Crippen molar-refractivity contribution in [3.8, 4) is 5.75 Å². The molecule has 0 aromatic heterocycles. The minimum Gasteiger partial charge on any atom is -0.496 e. The molecular weight excluding hydrogens is 256 g/mol. The Balaban J connectivity index is 2.95. The molecule has 0 saturated heterocycles. The van der Waals surface area contributed by atoms with E-state index >= 15 is 0 Å². The third-order valence-electron chi connectivity index (χ3n) is 3.61. The third-order valence-corrected chi connectivity index (χ3v) is 5.04. The molecule has 4 heteroatoms. The number of methoxy groups -OCH3 is 1. The first kappa shape index (κ1) is 16.3. The molecule has 108 valence electrons. The first-order valence-corrected chi connectivity index (χ1v) is 7.81. The second kappa shape index (κ2) is 7.78. The van der Waals surface area contributed by atoms with Crippen molar-refractivity contribution >= 4 is 11.8 Å². The Morgan fingerprint density at radius 2 is 2.05 bits per heavy atom. The quantitative estimate of drug-likeness (QED) is 0.595. The number of benzene rings is 1. The number of aryl methyl sites for hydroxylation is 1. The molecule has 0 aliphatic carbocycles. The average Bonchev–Trinajstić information content (AvgIpc) is 2.42. The van der Waals surface area contributed by atoms with Gasteiger partial charge in [-0.25, -0.2) is 0 Å². The van der Waals surface area contributed by atoms with Crippen molar-refractivity contribution < 1.29 is 4.74 Å². The van der Waals surface area contributed by atoms with Crippen molar-refractivity contribution in [3.63, 3.8) is 0 Å². The number of thioether (sulfide) groups is 1. The Morgan fingerprint density at radius 1 is 1.37 bits per heavy atom. The molecule has 2 unspecified atom stereocenters. The number of hydrazine groups is 1. The van der Waals surface area contributed by atoms with Crippen molar-refractivity contribution in [2.75, 3.05) is 12.9 Å². The van der Waals surface area contributed by atoms with Crippen LogP contribution in [0.25, 0.3) is 0 Å². The van der Waals surface area contributed by atoms with Gasteiger partial charge in [0.05, 0.1) is 13.2 Å². The van der Waals surface area contributed by atoms with Crippen LogP contribution in [0.2, 0.25) is 0 Å². The van der Waals surface area contributed by atoms with Crippen LogP contribution in [0.15, 0.2) is 12.1 Å². The Labute approximate surface area is 121 Å². The van der Waals surface area contributed by atoms with Crippen molar-refractivity contribution in [1.29, 1.82) is 0 Å². The lowest BCUT2D eigenvalue weighted by Crippen LogP contribution is -2.30. The van der Waals surface area contributed by atoms with Crippen LogP contribution in [0.5, 0.6) is 5.75 Å². The number of nitrogens with one attached hydrogen (secondary N) is 1. The lowest BCUT2D eigenvalue weighted by atomic mass is 10.0. The monoisotopic (exact) mass is 282 g/mol. The molecule has 2 atom stereocenters. The number of nitrogens with two attached hydrogens (primary N) is 1. The molecule has 19 heavy (non-hydrogen) atoms. The van der Waals surface area contributed by atoms with E-state index in [1.54, 1.807) is 7.11 Å². The number of rotatable bonds is 7. The van der Waals surface area contributed by atoms with Crippen LogP contribution < -0.4 is 16.0 Å². The summed E-state index contributed by atoms with van der Waals surface area (Å²) < 4.78 is 5.57. The molecule has 0 spiro atoms. The fourth-order valence-electron chi connectivity index (χ4n) is 1.96. The summed E-state index contributed by atoms with van der Waals surface area (Å²) in [5.74, 6) is 7.63. The van der Waals surface area contributed by atoms with E-state index in [2.05, 4.69) is 45.3 Å². The molecule has 1 aromatic carbocycles. The maximum atomic E-state index is 5.73. The Kier molecular flexibility index (Phi) is 6.69. The molecule has 3 N–H and O–H groups in total. The van der Waals surface area contributed by atoms with Gasteiger partial charge in [0, 0.05) is 16.6 Å². The van der Waals surface area contributed by atoms with Crippen LogP contribution >= 0.6 is 11.8 Å². The average molecular weight is 282 g/mol. The molecule has 0 saturated carbocycles. The normalized spacial score (nSPS) is 14.2. The summed E-state index contributed by atoms with van der Waals surface area (Å²) in [6.07, 6.45) is 1.17. The molecule has 0 radical (unpaired) electrons. The van der Waals surface area contributed by atoms with Gasteiger partial charge >= 0.3 is 0 Å². The lowest BCUT2D eigenvalue weighted by molar-refractivity contribution is 0.399. The first-order valence-electron chi connectivity index (χ1n) is 6.76. The SMILES string of the molecule is CCC(C)SCC(NN)c1ccc(C)c(C)c1OC. The minimum absolute atomic E-state index is 0.119. The van der Waals surface area contributed by atoms with E-state index in [1.807, 2.05) is 11.8 Å². The van der Waals surface area contributed by atoms with Gasteiger partial charge in [-0.15, -0.1) is 0 Å². The van der Waals surface area contributed by atoms with Crippen LogP contribution in [-0.4, -0.2) is 18.1 Å².